The molecule has 0 unspecified atom stereocenters. The van der Waals surface area contributed by atoms with Crippen molar-refractivity contribution in [1.29, 1.82) is 0 Å². The van der Waals surface area contributed by atoms with E-state index in [9.17, 15) is 9.59 Å². The van der Waals surface area contributed by atoms with Crippen LogP contribution in [0, 0.1) is 6.92 Å². The summed E-state index contributed by atoms with van der Waals surface area (Å²) in [5, 5.41) is 5.83. The second kappa shape index (κ2) is 8.25. The average Bonchev–Trinajstić information content (AvgIpc) is 3.35. The molecule has 0 heterocycles. The molecule has 2 aromatic rings. The quantitative estimate of drug-likeness (QED) is 0.701. The van der Waals surface area contributed by atoms with E-state index >= 15 is 0 Å². The van der Waals surface area contributed by atoms with E-state index < -0.39 is 0 Å². The molecule has 2 aromatic carbocycles. The maximum Gasteiger partial charge on any atom is 0.233 e. The van der Waals surface area contributed by atoms with Gasteiger partial charge in [0.05, 0.1) is 12.3 Å². The van der Waals surface area contributed by atoms with Gasteiger partial charge in [-0.1, -0.05) is 42.0 Å². The molecule has 2 N–H and O–H groups in total. The SMILES string of the molecule is CCOc1ccccc1NC(=O)CC(=O)NC1(Cc2cccc(C)c2)CC1. The number of rotatable bonds is 8. The molecular weight excluding hydrogens is 340 g/mol. The van der Waals surface area contributed by atoms with Gasteiger partial charge in [-0.15, -0.1) is 0 Å². The number of hydrogen-bond acceptors (Lipinski definition) is 3. The number of hydrogen-bond donors (Lipinski definition) is 2. The lowest BCUT2D eigenvalue weighted by atomic mass is 10.0. The van der Waals surface area contributed by atoms with Crippen LogP contribution in [0.1, 0.15) is 37.3 Å². The fourth-order valence-electron chi connectivity index (χ4n) is 3.24. The van der Waals surface area contributed by atoms with Crippen LogP contribution in [-0.4, -0.2) is 24.0 Å². The molecule has 0 spiro atoms. The average molecular weight is 366 g/mol. The zero-order valence-corrected chi connectivity index (χ0v) is 15.9. The number of nitrogens with one attached hydrogen (secondary N) is 2. The van der Waals surface area contributed by atoms with Crippen molar-refractivity contribution in [3.8, 4) is 5.75 Å². The molecule has 0 saturated heterocycles. The van der Waals surface area contributed by atoms with E-state index in [2.05, 4.69) is 35.8 Å². The first-order chi connectivity index (χ1) is 13.0. The Labute approximate surface area is 160 Å². The highest BCUT2D eigenvalue weighted by atomic mass is 16.5. The largest absolute Gasteiger partial charge is 0.492 e. The minimum atomic E-state index is -0.342. The van der Waals surface area contributed by atoms with E-state index in [0.717, 1.165) is 19.3 Å². The van der Waals surface area contributed by atoms with E-state index in [1.807, 2.05) is 25.1 Å². The van der Waals surface area contributed by atoms with Gasteiger partial charge in [0, 0.05) is 5.54 Å². The predicted octanol–water partition coefficient (Wildman–Crippen LogP) is 3.61. The Balaban J connectivity index is 1.54. The van der Waals surface area contributed by atoms with Crippen molar-refractivity contribution in [3.05, 3.63) is 59.7 Å². The number of aryl methyl sites for hydroxylation is 1. The van der Waals surface area contributed by atoms with E-state index in [1.165, 1.54) is 11.1 Å². The van der Waals surface area contributed by atoms with Gasteiger partial charge in [-0.05, 0) is 50.8 Å². The minimum absolute atomic E-state index is 0.198. The Morgan fingerprint density at radius 3 is 2.56 bits per heavy atom. The van der Waals surface area contributed by atoms with Crippen molar-refractivity contribution >= 4 is 17.5 Å². The summed E-state index contributed by atoms with van der Waals surface area (Å²) in [6, 6.07) is 15.5. The summed E-state index contributed by atoms with van der Waals surface area (Å²) in [6.07, 6.45) is 2.49. The maximum absolute atomic E-state index is 12.4. The van der Waals surface area contributed by atoms with E-state index in [0.29, 0.717) is 18.0 Å². The third kappa shape index (κ3) is 5.33. The number of amides is 2. The number of benzene rings is 2. The van der Waals surface area contributed by atoms with Crippen LogP contribution < -0.4 is 15.4 Å². The Morgan fingerprint density at radius 2 is 1.85 bits per heavy atom. The molecule has 27 heavy (non-hydrogen) atoms. The fraction of sp³-hybridized carbons (Fsp3) is 0.364. The van der Waals surface area contributed by atoms with Crippen LogP contribution in [0.25, 0.3) is 0 Å². The zero-order chi connectivity index (χ0) is 19.3. The molecule has 0 radical (unpaired) electrons. The van der Waals surface area contributed by atoms with Gasteiger partial charge in [-0.25, -0.2) is 0 Å². The van der Waals surface area contributed by atoms with Crippen molar-refractivity contribution in [2.75, 3.05) is 11.9 Å². The van der Waals surface area contributed by atoms with Crippen molar-refractivity contribution < 1.29 is 14.3 Å². The molecule has 1 fully saturated rings. The minimum Gasteiger partial charge on any atom is -0.492 e. The van der Waals surface area contributed by atoms with Gasteiger partial charge in [-0.2, -0.15) is 0 Å². The van der Waals surface area contributed by atoms with Crippen LogP contribution in [0.15, 0.2) is 48.5 Å². The van der Waals surface area contributed by atoms with E-state index in [1.54, 1.807) is 12.1 Å². The summed E-state index contributed by atoms with van der Waals surface area (Å²) >= 11 is 0. The molecule has 0 aliphatic heterocycles. The smallest absolute Gasteiger partial charge is 0.233 e. The first kappa shape index (κ1) is 19.0. The monoisotopic (exact) mass is 366 g/mol. The highest BCUT2D eigenvalue weighted by molar-refractivity contribution is 6.04. The Kier molecular flexibility index (Phi) is 5.79. The van der Waals surface area contributed by atoms with Gasteiger partial charge in [0.25, 0.3) is 0 Å². The Hall–Kier alpha value is -2.82. The number of carbonyl (C=O) groups is 2. The van der Waals surface area contributed by atoms with Gasteiger partial charge in [0.2, 0.25) is 11.8 Å². The van der Waals surface area contributed by atoms with Crippen LogP contribution in [0.3, 0.4) is 0 Å². The molecule has 142 valence electrons. The number of ether oxygens (including phenoxy) is 1. The fourth-order valence-corrected chi connectivity index (χ4v) is 3.24. The molecular formula is C22H26N2O3. The molecule has 1 saturated carbocycles. The van der Waals surface area contributed by atoms with Gasteiger partial charge in [0.15, 0.2) is 0 Å². The highest BCUT2D eigenvalue weighted by Crippen LogP contribution is 2.38. The van der Waals surface area contributed by atoms with Crippen molar-refractivity contribution in [2.45, 2.75) is 45.1 Å². The van der Waals surface area contributed by atoms with Gasteiger partial charge >= 0.3 is 0 Å². The molecule has 1 aliphatic rings. The first-order valence-electron chi connectivity index (χ1n) is 9.38. The standard InChI is InChI=1S/C22H26N2O3/c1-3-27-19-10-5-4-9-18(19)23-20(25)14-21(26)24-22(11-12-22)15-17-8-6-7-16(2)13-17/h4-10,13H,3,11-12,14-15H2,1-2H3,(H,23,25)(H,24,26). The molecule has 5 nitrogen and oxygen atoms in total. The van der Waals surface area contributed by atoms with Gasteiger partial charge < -0.3 is 15.4 Å². The number of para-hydroxylation sites is 2. The number of anilines is 1. The Bertz CT molecular complexity index is 828. The lowest BCUT2D eigenvalue weighted by molar-refractivity contribution is -0.127. The molecule has 0 atom stereocenters. The van der Waals surface area contributed by atoms with Crippen molar-refractivity contribution in [3.63, 3.8) is 0 Å². The summed E-state index contributed by atoms with van der Waals surface area (Å²) < 4.78 is 5.49. The molecule has 0 aromatic heterocycles. The van der Waals surface area contributed by atoms with Crippen molar-refractivity contribution in [1.82, 2.24) is 5.32 Å². The summed E-state index contributed by atoms with van der Waals surface area (Å²) in [5.74, 6) is 0.0180. The maximum atomic E-state index is 12.4. The van der Waals surface area contributed by atoms with Gasteiger partial charge in [-0.3, -0.25) is 9.59 Å². The van der Waals surface area contributed by atoms with E-state index in [-0.39, 0.29) is 23.8 Å². The second-order valence-corrected chi connectivity index (χ2v) is 7.15. The topological polar surface area (TPSA) is 67.4 Å². The summed E-state index contributed by atoms with van der Waals surface area (Å²) in [5.41, 5.74) is 2.80. The molecule has 5 heteroatoms. The lowest BCUT2D eigenvalue weighted by Crippen LogP contribution is -2.40. The molecule has 1 aliphatic carbocycles. The summed E-state index contributed by atoms with van der Waals surface area (Å²) in [7, 11) is 0. The summed E-state index contributed by atoms with van der Waals surface area (Å²) in [6.45, 7) is 4.45. The normalized spacial score (nSPS) is 14.3. The second-order valence-electron chi connectivity index (χ2n) is 7.15. The van der Waals surface area contributed by atoms with Crippen LogP contribution in [0.5, 0.6) is 5.75 Å². The lowest BCUT2D eigenvalue weighted by Gasteiger charge is -2.18. The first-order valence-corrected chi connectivity index (χ1v) is 9.38. The van der Waals surface area contributed by atoms with Crippen LogP contribution in [-0.2, 0) is 16.0 Å². The van der Waals surface area contributed by atoms with Crippen LogP contribution in [0.2, 0.25) is 0 Å². The number of carbonyl (C=O) groups excluding carboxylic acids is 2. The molecule has 2 amide bonds. The molecule has 3 rings (SSSR count). The molecule has 0 bridgehead atoms. The van der Waals surface area contributed by atoms with E-state index in [4.69, 9.17) is 4.74 Å². The van der Waals surface area contributed by atoms with Gasteiger partial charge in [0.1, 0.15) is 12.2 Å². The van der Waals surface area contributed by atoms with Crippen LogP contribution in [0.4, 0.5) is 5.69 Å². The Morgan fingerprint density at radius 1 is 1.07 bits per heavy atom. The zero-order valence-electron chi connectivity index (χ0n) is 15.9. The summed E-state index contributed by atoms with van der Waals surface area (Å²) in [4.78, 5) is 24.6. The predicted molar refractivity (Wildman–Crippen MR) is 106 cm³/mol. The third-order valence-electron chi connectivity index (χ3n) is 4.67. The van der Waals surface area contributed by atoms with Crippen LogP contribution >= 0.6 is 0 Å². The third-order valence-corrected chi connectivity index (χ3v) is 4.67. The highest BCUT2D eigenvalue weighted by Gasteiger charge is 2.44. The van der Waals surface area contributed by atoms with Crippen molar-refractivity contribution in [2.24, 2.45) is 0 Å².